The van der Waals surface area contributed by atoms with Gasteiger partial charge in [0.1, 0.15) is 0 Å². The second kappa shape index (κ2) is 9.68. The van der Waals surface area contributed by atoms with E-state index in [2.05, 4.69) is 0 Å². The van der Waals surface area contributed by atoms with Gasteiger partial charge in [0.05, 0.1) is 50.6 Å². The molecule has 8 heteroatoms. The molecule has 0 saturated heterocycles. The molecule has 0 aromatic heterocycles. The van der Waals surface area contributed by atoms with E-state index in [1.807, 2.05) is 0 Å². The molecule has 0 aliphatic carbocycles. The molecule has 0 saturated carbocycles. The van der Waals surface area contributed by atoms with Crippen LogP contribution >= 0.6 is 0 Å². The minimum absolute atomic E-state index is 0.0938. The normalized spacial score (nSPS) is 12.0. The molecule has 0 atom stereocenters. The predicted octanol–water partition coefficient (Wildman–Crippen LogP) is -4.43. The number of rotatable bonds is 7. The highest BCUT2D eigenvalue weighted by Gasteiger charge is 2.25. The highest BCUT2D eigenvalue weighted by molar-refractivity contribution is 4.80. The van der Waals surface area contributed by atoms with Gasteiger partial charge in [-0.2, -0.15) is 0 Å². The van der Waals surface area contributed by atoms with Gasteiger partial charge in [0, 0.05) is 6.54 Å². The van der Waals surface area contributed by atoms with Crippen LogP contribution in [0.15, 0.2) is 0 Å². The molecule has 0 amide bonds. The van der Waals surface area contributed by atoms with Gasteiger partial charge < -0.3 is 42.1 Å². The third-order valence-electron chi connectivity index (χ3n) is 2.38. The first-order valence-corrected chi connectivity index (χ1v) is 5.07. The maximum atomic E-state index is 8.58. The molecule has 10 N–H and O–H groups in total. The van der Waals surface area contributed by atoms with E-state index in [1.165, 1.54) is 0 Å². The summed E-state index contributed by atoms with van der Waals surface area (Å²) in [5.74, 6) is 0. The van der Waals surface area contributed by atoms with Crippen molar-refractivity contribution in [2.24, 2.45) is 16.9 Å². The first kappa shape index (κ1) is 19.0. The van der Waals surface area contributed by atoms with E-state index in [1.54, 1.807) is 0 Å². The van der Waals surface area contributed by atoms with E-state index in [9.17, 15) is 0 Å². The van der Waals surface area contributed by atoms with Gasteiger partial charge in [-0.3, -0.25) is 0 Å². The molecular weight excluding hydrogens is 232 g/mol. The number of hydrogen-bond donors (Lipinski definition) is 8. The SMILES string of the molecule is NC(CO)(CO)CO.NCC(CO)(CO)CO. The van der Waals surface area contributed by atoms with Crippen LogP contribution in [0.3, 0.4) is 0 Å². The van der Waals surface area contributed by atoms with E-state index >= 15 is 0 Å². The second-order valence-electron chi connectivity index (χ2n) is 4.02. The molecule has 106 valence electrons. The van der Waals surface area contributed by atoms with Crippen LogP contribution in [-0.4, -0.2) is 82.4 Å². The molecule has 17 heavy (non-hydrogen) atoms. The molecule has 0 aromatic carbocycles. The maximum Gasteiger partial charge on any atom is 0.0856 e. The summed E-state index contributed by atoms with van der Waals surface area (Å²) >= 11 is 0. The summed E-state index contributed by atoms with van der Waals surface area (Å²) in [6.07, 6.45) is 0. The lowest BCUT2D eigenvalue weighted by atomic mass is 9.92. The second-order valence-corrected chi connectivity index (χ2v) is 4.02. The zero-order valence-electron chi connectivity index (χ0n) is 9.79. The average Bonchev–Trinajstić information content (AvgIpc) is 2.42. The standard InChI is InChI=1S/C5H13NO3.C4H11NO3/c6-1-5(2-7,3-8)4-9;5-4(1-6,2-7)3-8/h7-9H,1-4,6H2;6-8H,1-3,5H2. The predicted molar refractivity (Wildman–Crippen MR) is 60.9 cm³/mol. The summed E-state index contributed by atoms with van der Waals surface area (Å²) in [6, 6.07) is 0. The summed E-state index contributed by atoms with van der Waals surface area (Å²) in [4.78, 5) is 0. The molecule has 0 spiro atoms. The summed E-state index contributed by atoms with van der Waals surface area (Å²) in [7, 11) is 0. The van der Waals surface area contributed by atoms with Crippen molar-refractivity contribution in [1.82, 2.24) is 0 Å². The Balaban J connectivity index is 0. The number of nitrogens with two attached hydrogens (primary N) is 2. The quantitative estimate of drug-likeness (QED) is 0.225. The molecular formula is C9H24N2O6. The molecule has 0 aliphatic heterocycles. The molecule has 0 fully saturated rings. The zero-order valence-corrected chi connectivity index (χ0v) is 9.79. The molecule has 0 radical (unpaired) electrons. The molecule has 0 aliphatic rings. The molecule has 0 rings (SSSR count). The number of aliphatic hydroxyl groups excluding tert-OH is 6. The topological polar surface area (TPSA) is 173 Å². The van der Waals surface area contributed by atoms with Crippen LogP contribution in [0.4, 0.5) is 0 Å². The third-order valence-corrected chi connectivity index (χ3v) is 2.38. The summed E-state index contributed by atoms with van der Waals surface area (Å²) in [5, 5.41) is 50.8. The minimum Gasteiger partial charge on any atom is -0.396 e. The lowest BCUT2D eigenvalue weighted by Gasteiger charge is -2.24. The monoisotopic (exact) mass is 256 g/mol. The van der Waals surface area contributed by atoms with Crippen molar-refractivity contribution in [2.45, 2.75) is 5.54 Å². The van der Waals surface area contributed by atoms with Crippen molar-refractivity contribution in [3.8, 4) is 0 Å². The number of hydrogen-bond acceptors (Lipinski definition) is 8. The average molecular weight is 256 g/mol. The highest BCUT2D eigenvalue weighted by atomic mass is 16.3. The Labute approximate surface area is 100 Å². The Morgan fingerprint density at radius 3 is 0.941 bits per heavy atom. The Bertz CT molecular complexity index is 147. The van der Waals surface area contributed by atoms with Crippen molar-refractivity contribution in [1.29, 1.82) is 0 Å². The van der Waals surface area contributed by atoms with Crippen LogP contribution in [0.25, 0.3) is 0 Å². The lowest BCUT2D eigenvalue weighted by Crippen LogP contribution is -2.50. The van der Waals surface area contributed by atoms with Gasteiger partial charge in [-0.15, -0.1) is 0 Å². The fraction of sp³-hybridized carbons (Fsp3) is 1.00. The van der Waals surface area contributed by atoms with Gasteiger partial charge >= 0.3 is 0 Å². The summed E-state index contributed by atoms with van der Waals surface area (Å²) < 4.78 is 0. The van der Waals surface area contributed by atoms with E-state index in [-0.39, 0.29) is 26.4 Å². The lowest BCUT2D eigenvalue weighted by molar-refractivity contribution is 0.0126. The molecule has 0 heterocycles. The maximum absolute atomic E-state index is 8.58. The first-order valence-electron chi connectivity index (χ1n) is 5.07. The van der Waals surface area contributed by atoms with Gasteiger partial charge in [0.25, 0.3) is 0 Å². The summed E-state index contributed by atoms with van der Waals surface area (Å²) in [5.41, 5.74) is 8.21. The van der Waals surface area contributed by atoms with E-state index in [4.69, 9.17) is 42.1 Å². The summed E-state index contributed by atoms with van der Waals surface area (Å²) in [6.45, 7) is -1.96. The van der Waals surface area contributed by atoms with Crippen molar-refractivity contribution in [2.75, 3.05) is 46.2 Å². The Kier molecular flexibility index (Phi) is 10.8. The smallest absolute Gasteiger partial charge is 0.0856 e. The van der Waals surface area contributed by atoms with E-state index < -0.39 is 30.8 Å². The van der Waals surface area contributed by atoms with Crippen molar-refractivity contribution < 1.29 is 30.6 Å². The zero-order chi connectivity index (χ0) is 13.9. The largest absolute Gasteiger partial charge is 0.396 e. The van der Waals surface area contributed by atoms with Crippen LogP contribution in [0.2, 0.25) is 0 Å². The minimum atomic E-state index is -1.21. The van der Waals surface area contributed by atoms with Crippen molar-refractivity contribution in [3.05, 3.63) is 0 Å². The van der Waals surface area contributed by atoms with Gasteiger partial charge in [0.2, 0.25) is 0 Å². The van der Waals surface area contributed by atoms with Crippen LogP contribution < -0.4 is 11.5 Å². The fourth-order valence-electron chi connectivity index (χ4n) is 0.494. The van der Waals surface area contributed by atoms with Crippen molar-refractivity contribution in [3.63, 3.8) is 0 Å². The van der Waals surface area contributed by atoms with E-state index in [0.29, 0.717) is 0 Å². The molecule has 0 aromatic rings. The first-order chi connectivity index (χ1) is 7.92. The van der Waals surface area contributed by atoms with Crippen LogP contribution in [0, 0.1) is 5.41 Å². The fourth-order valence-corrected chi connectivity index (χ4v) is 0.494. The Morgan fingerprint density at radius 2 is 0.941 bits per heavy atom. The number of aliphatic hydroxyl groups is 6. The van der Waals surface area contributed by atoms with Crippen molar-refractivity contribution >= 4 is 0 Å². The van der Waals surface area contributed by atoms with Gasteiger partial charge in [0.15, 0.2) is 0 Å². The highest BCUT2D eigenvalue weighted by Crippen LogP contribution is 2.10. The van der Waals surface area contributed by atoms with E-state index in [0.717, 1.165) is 0 Å². The van der Waals surface area contributed by atoms with Crippen LogP contribution in [0.5, 0.6) is 0 Å². The van der Waals surface area contributed by atoms with Gasteiger partial charge in [-0.1, -0.05) is 0 Å². The van der Waals surface area contributed by atoms with Crippen LogP contribution in [-0.2, 0) is 0 Å². The Morgan fingerprint density at radius 1 is 0.647 bits per heavy atom. The van der Waals surface area contributed by atoms with Crippen LogP contribution in [0.1, 0.15) is 0 Å². The molecule has 0 bridgehead atoms. The van der Waals surface area contributed by atoms with Gasteiger partial charge in [-0.05, 0) is 0 Å². The molecule has 0 unspecified atom stereocenters. The van der Waals surface area contributed by atoms with Gasteiger partial charge in [-0.25, -0.2) is 0 Å². The molecule has 8 nitrogen and oxygen atoms in total. The third kappa shape index (κ3) is 6.86. The Hall–Kier alpha value is -0.320.